The van der Waals surface area contributed by atoms with Crippen molar-refractivity contribution in [3.05, 3.63) is 0 Å². The molecule has 5 amide bonds. The van der Waals surface area contributed by atoms with E-state index >= 15 is 0 Å². The van der Waals surface area contributed by atoms with Crippen molar-refractivity contribution in [2.45, 2.75) is 134 Å². The Morgan fingerprint density at radius 2 is 1.50 bits per heavy atom. The minimum atomic E-state index is -3.55. The van der Waals surface area contributed by atoms with Crippen LogP contribution in [-0.4, -0.2) is 83.6 Å². The number of fused-ring (bicyclic) bond motifs is 3. The number of carbonyl (C=O) groups is 5. The van der Waals surface area contributed by atoms with Crippen LogP contribution in [0.1, 0.15) is 106 Å². The molecule has 1 spiro atoms. The predicted octanol–water partition coefficient (Wildman–Crippen LogP) is 2.19. The molecule has 5 N–H and O–H groups in total. The summed E-state index contributed by atoms with van der Waals surface area (Å²) in [6.07, 6.45) is 7.87. The Morgan fingerprint density at radius 3 is 1.98 bits per heavy atom. The summed E-state index contributed by atoms with van der Waals surface area (Å²) in [5.41, 5.74) is 3.69. The van der Waals surface area contributed by atoms with Crippen molar-refractivity contribution in [2.75, 3.05) is 12.3 Å². The van der Waals surface area contributed by atoms with Gasteiger partial charge in [0.25, 0.3) is 5.91 Å². The second-order valence-electron chi connectivity index (χ2n) is 16.8. The molecule has 4 aliphatic carbocycles. The third-order valence-electron chi connectivity index (χ3n) is 11.6. The summed E-state index contributed by atoms with van der Waals surface area (Å²) < 4.78 is 25.6. The molecule has 1 heterocycles. The summed E-state index contributed by atoms with van der Waals surface area (Å²) in [7, 11) is -3.55. The number of rotatable bonds is 10. The Hall–Kier alpha value is -2.70. The zero-order chi connectivity index (χ0) is 34.0. The van der Waals surface area contributed by atoms with Crippen LogP contribution in [0.2, 0.25) is 0 Å². The van der Waals surface area contributed by atoms with Gasteiger partial charge in [-0.1, -0.05) is 46.5 Å². The molecule has 5 fully saturated rings. The van der Waals surface area contributed by atoms with Crippen LogP contribution in [0.4, 0.5) is 4.79 Å². The van der Waals surface area contributed by atoms with Gasteiger partial charge in [0.15, 0.2) is 9.84 Å². The topological polar surface area (TPSA) is 185 Å². The predicted molar refractivity (Wildman–Crippen MR) is 172 cm³/mol. The minimum absolute atomic E-state index is 0.0373. The zero-order valence-corrected chi connectivity index (χ0v) is 29.1. The van der Waals surface area contributed by atoms with Gasteiger partial charge in [-0.3, -0.25) is 19.2 Å². The Bertz CT molecular complexity index is 1380. The third-order valence-corrected chi connectivity index (χ3v) is 14.4. The molecule has 5 rings (SSSR count). The lowest BCUT2D eigenvalue weighted by molar-refractivity contribution is -0.145. The van der Waals surface area contributed by atoms with E-state index in [1.807, 2.05) is 20.8 Å². The van der Waals surface area contributed by atoms with Gasteiger partial charge >= 0.3 is 6.03 Å². The Morgan fingerprint density at radius 1 is 0.891 bits per heavy atom. The molecule has 12 nitrogen and oxygen atoms in total. The summed E-state index contributed by atoms with van der Waals surface area (Å²) in [6, 6.07) is -3.45. The number of nitrogens with one attached hydrogen (secondary N) is 3. The van der Waals surface area contributed by atoms with E-state index in [9.17, 15) is 32.4 Å². The normalized spacial score (nSPS) is 27.9. The summed E-state index contributed by atoms with van der Waals surface area (Å²) in [6.45, 7) is 10.9. The first kappa shape index (κ1) is 34.6. The molecule has 0 aromatic rings. The van der Waals surface area contributed by atoms with Crippen molar-refractivity contribution in [1.82, 2.24) is 20.9 Å². The van der Waals surface area contributed by atoms with Crippen molar-refractivity contribution >= 4 is 39.4 Å². The SMILES string of the molecule is CC(C)(C)[C@H](NC(=O)NC1(CS(=O)(=O)C(C)(C)C)CCCCC1)C(=O)N1C[C@H]2[C@@H]([C@H]1C(=O)NC(C(=O)C(N)=O)C1CCC1)C21CC1. The molecule has 0 aromatic carbocycles. The molecule has 1 unspecified atom stereocenters. The van der Waals surface area contributed by atoms with Crippen LogP contribution in [0.3, 0.4) is 0 Å². The van der Waals surface area contributed by atoms with Crippen LogP contribution in [0, 0.1) is 28.6 Å². The van der Waals surface area contributed by atoms with Gasteiger partial charge in [-0.2, -0.15) is 0 Å². The molecule has 1 saturated heterocycles. The molecule has 1 aliphatic heterocycles. The van der Waals surface area contributed by atoms with Gasteiger partial charge in [0.05, 0.1) is 16.0 Å². The van der Waals surface area contributed by atoms with Gasteiger partial charge in [0.1, 0.15) is 18.1 Å². The number of amides is 5. The highest BCUT2D eigenvalue weighted by molar-refractivity contribution is 7.92. The number of hydrogen-bond acceptors (Lipinski definition) is 7. The molecule has 0 bridgehead atoms. The molecule has 0 aromatic heterocycles. The fourth-order valence-corrected chi connectivity index (χ4v) is 9.76. The average molecular weight is 664 g/mol. The number of sulfone groups is 1. The standard InChI is InChI=1S/C33H53N5O7S/c1-30(2,3)25(36-29(43)37-32(13-8-7-9-14-32)18-46(44,45)31(4,5)6)28(42)38-17-20-21(33(20)15-16-33)23(38)27(41)35-22(19-11-10-12-19)24(39)26(34)40/h19-23,25H,7-18H2,1-6H3,(H2,34,40)(H,35,41)(H2,36,37,43)/t20-,21-,22?,23-,25+/m0/s1. The van der Waals surface area contributed by atoms with E-state index < -0.39 is 73.2 Å². The van der Waals surface area contributed by atoms with Gasteiger partial charge in [-0.25, -0.2) is 13.2 Å². The lowest BCUT2D eigenvalue weighted by Gasteiger charge is -2.41. The highest BCUT2D eigenvalue weighted by Crippen LogP contribution is 2.78. The second kappa shape index (κ2) is 11.8. The summed E-state index contributed by atoms with van der Waals surface area (Å²) in [5.74, 6) is -2.98. The minimum Gasteiger partial charge on any atom is -0.363 e. The number of Topliss-reactive ketones (excluding diaryl/α,β-unsaturated/α-hetero) is 1. The molecule has 258 valence electrons. The van der Waals surface area contributed by atoms with Crippen LogP contribution in [-0.2, 0) is 29.0 Å². The van der Waals surface area contributed by atoms with Crippen LogP contribution in [0.25, 0.3) is 0 Å². The van der Waals surface area contributed by atoms with Crippen molar-refractivity contribution in [3.8, 4) is 0 Å². The van der Waals surface area contributed by atoms with Crippen LogP contribution in [0.5, 0.6) is 0 Å². The lowest BCUT2D eigenvalue weighted by Crippen LogP contribution is -2.64. The van der Waals surface area contributed by atoms with Crippen molar-refractivity contribution in [3.63, 3.8) is 0 Å². The molecule has 13 heteroatoms. The molecule has 5 aliphatic rings. The highest BCUT2D eigenvalue weighted by Gasteiger charge is 2.79. The number of primary amides is 1. The molecular formula is C33H53N5O7S. The molecule has 4 saturated carbocycles. The van der Waals surface area contributed by atoms with Crippen molar-refractivity contribution in [1.29, 1.82) is 0 Å². The van der Waals surface area contributed by atoms with E-state index in [1.165, 1.54) is 0 Å². The maximum absolute atomic E-state index is 14.4. The largest absolute Gasteiger partial charge is 0.363 e. The van der Waals surface area contributed by atoms with E-state index in [2.05, 4.69) is 16.0 Å². The highest BCUT2D eigenvalue weighted by atomic mass is 32.2. The lowest BCUT2D eigenvalue weighted by atomic mass is 9.78. The first-order valence-electron chi connectivity index (χ1n) is 17.0. The molecule has 46 heavy (non-hydrogen) atoms. The number of piperidine rings is 1. The van der Waals surface area contributed by atoms with Gasteiger partial charge in [-0.05, 0) is 87.9 Å². The van der Waals surface area contributed by atoms with Crippen LogP contribution < -0.4 is 21.7 Å². The van der Waals surface area contributed by atoms with Crippen molar-refractivity contribution in [2.24, 2.45) is 34.3 Å². The van der Waals surface area contributed by atoms with E-state index in [0.717, 1.165) is 38.5 Å². The number of hydrogen-bond donors (Lipinski definition) is 4. The number of ketones is 1. The van der Waals surface area contributed by atoms with E-state index in [4.69, 9.17) is 5.73 Å². The zero-order valence-electron chi connectivity index (χ0n) is 28.2. The number of carbonyl (C=O) groups excluding carboxylic acids is 5. The second-order valence-corrected chi connectivity index (χ2v) is 19.6. The van der Waals surface area contributed by atoms with E-state index in [-0.39, 0.29) is 28.9 Å². The average Bonchev–Trinajstić information content (AvgIpc) is 3.76. The van der Waals surface area contributed by atoms with Gasteiger partial charge in [0.2, 0.25) is 17.6 Å². The molecule has 5 atom stereocenters. The Balaban J connectivity index is 1.35. The number of nitrogens with two attached hydrogens (primary N) is 1. The summed E-state index contributed by atoms with van der Waals surface area (Å²) >= 11 is 0. The Labute approximate surface area is 273 Å². The summed E-state index contributed by atoms with van der Waals surface area (Å²) in [5, 5.41) is 8.70. The smallest absolute Gasteiger partial charge is 0.315 e. The van der Waals surface area contributed by atoms with Crippen molar-refractivity contribution < 1.29 is 32.4 Å². The molecular weight excluding hydrogens is 610 g/mol. The number of nitrogens with zero attached hydrogens (tertiary/aromatic N) is 1. The van der Waals surface area contributed by atoms with Gasteiger partial charge in [-0.15, -0.1) is 0 Å². The monoisotopic (exact) mass is 663 g/mol. The quantitative estimate of drug-likeness (QED) is 0.258. The fraction of sp³-hybridized carbons (Fsp3) is 0.848. The molecule has 0 radical (unpaired) electrons. The fourth-order valence-electron chi connectivity index (χ4n) is 8.24. The van der Waals surface area contributed by atoms with E-state index in [0.29, 0.717) is 32.2 Å². The van der Waals surface area contributed by atoms with Crippen LogP contribution in [0.15, 0.2) is 0 Å². The van der Waals surface area contributed by atoms with Gasteiger partial charge in [0, 0.05) is 6.54 Å². The first-order valence-corrected chi connectivity index (χ1v) is 18.6. The number of likely N-dealkylation sites (tertiary alicyclic amines) is 1. The van der Waals surface area contributed by atoms with E-state index in [1.54, 1.807) is 25.7 Å². The Kier molecular flexibility index (Phi) is 8.86. The summed E-state index contributed by atoms with van der Waals surface area (Å²) in [4.78, 5) is 68.1. The third kappa shape index (κ3) is 6.41. The maximum atomic E-state index is 14.4. The maximum Gasteiger partial charge on any atom is 0.315 e. The van der Waals surface area contributed by atoms with Crippen LogP contribution >= 0.6 is 0 Å². The van der Waals surface area contributed by atoms with Gasteiger partial charge < -0.3 is 26.6 Å². The number of urea groups is 1. The first-order chi connectivity index (χ1) is 21.2.